The lowest BCUT2D eigenvalue weighted by molar-refractivity contribution is 0.0751. The van der Waals surface area contributed by atoms with Crippen molar-refractivity contribution in [2.75, 3.05) is 49.1 Å². The first-order valence-electron chi connectivity index (χ1n) is 9.37. The van der Waals surface area contributed by atoms with Gasteiger partial charge in [0.2, 0.25) is 0 Å². The topological polar surface area (TPSA) is 52.6 Å². The van der Waals surface area contributed by atoms with Crippen LogP contribution in [0.4, 0.5) is 11.6 Å². The smallest absolute Gasteiger partial charge is 0.264 e. The molecule has 7 heteroatoms. The molecule has 4 rings (SSSR count). The normalized spacial score (nSPS) is 18.3. The van der Waals surface area contributed by atoms with E-state index in [1.54, 1.807) is 6.33 Å². The van der Waals surface area contributed by atoms with E-state index in [0.717, 1.165) is 61.3 Å². The summed E-state index contributed by atoms with van der Waals surface area (Å²) in [5.74, 6) is 2.15. The summed E-state index contributed by atoms with van der Waals surface area (Å²) in [7, 11) is 0. The van der Waals surface area contributed by atoms with E-state index in [2.05, 4.69) is 25.8 Å². The van der Waals surface area contributed by atoms with Crippen molar-refractivity contribution >= 4 is 28.9 Å². The molecule has 4 heterocycles. The number of hydrogen-bond donors (Lipinski definition) is 0. The van der Waals surface area contributed by atoms with E-state index < -0.39 is 0 Å². The molecule has 2 aromatic rings. The minimum atomic E-state index is 0.152. The Balaban J connectivity index is 1.39. The van der Waals surface area contributed by atoms with Crippen LogP contribution in [0.2, 0.25) is 0 Å². The Morgan fingerprint density at radius 2 is 1.58 bits per heavy atom. The summed E-state index contributed by atoms with van der Waals surface area (Å²) < 4.78 is 0. The Bertz CT molecular complexity index is 763. The summed E-state index contributed by atoms with van der Waals surface area (Å²) in [6, 6.07) is 4.08. The fraction of sp³-hybridized carbons (Fsp3) is 0.526. The SMILES string of the molecule is Cc1csc(C(=O)N2CCN(c3cc(N4CCCCC4)ncn3)CC2)c1. The highest BCUT2D eigenvalue weighted by molar-refractivity contribution is 7.12. The molecule has 2 aliphatic heterocycles. The molecule has 2 aliphatic rings. The number of piperidine rings is 1. The number of carbonyl (C=O) groups is 1. The number of amides is 1. The molecule has 0 N–H and O–H groups in total. The van der Waals surface area contributed by atoms with E-state index in [0.29, 0.717) is 0 Å². The van der Waals surface area contributed by atoms with Crippen molar-refractivity contribution in [1.29, 1.82) is 0 Å². The summed E-state index contributed by atoms with van der Waals surface area (Å²) in [6.45, 7) is 7.29. The van der Waals surface area contributed by atoms with Crippen LogP contribution in [-0.2, 0) is 0 Å². The van der Waals surface area contributed by atoms with Crippen LogP contribution in [0.1, 0.15) is 34.5 Å². The average Bonchev–Trinajstić information content (AvgIpc) is 3.15. The van der Waals surface area contributed by atoms with Crippen molar-refractivity contribution in [3.8, 4) is 0 Å². The van der Waals surface area contributed by atoms with Gasteiger partial charge in [-0.25, -0.2) is 9.97 Å². The van der Waals surface area contributed by atoms with Gasteiger partial charge in [0, 0.05) is 45.3 Å². The predicted molar refractivity (Wildman–Crippen MR) is 105 cm³/mol. The van der Waals surface area contributed by atoms with Gasteiger partial charge in [0.1, 0.15) is 18.0 Å². The summed E-state index contributed by atoms with van der Waals surface area (Å²) in [5, 5.41) is 2.03. The van der Waals surface area contributed by atoms with E-state index >= 15 is 0 Å². The van der Waals surface area contributed by atoms with Crippen molar-refractivity contribution in [3.63, 3.8) is 0 Å². The molecule has 2 aromatic heterocycles. The van der Waals surface area contributed by atoms with E-state index in [1.165, 1.54) is 30.6 Å². The molecule has 2 fully saturated rings. The summed E-state index contributed by atoms with van der Waals surface area (Å²) in [4.78, 5) is 29.0. The van der Waals surface area contributed by atoms with Crippen molar-refractivity contribution < 1.29 is 4.79 Å². The van der Waals surface area contributed by atoms with Gasteiger partial charge in [-0.05, 0) is 43.2 Å². The number of thiophene rings is 1. The number of anilines is 2. The summed E-state index contributed by atoms with van der Waals surface area (Å²) in [6.07, 6.45) is 5.46. The fourth-order valence-corrected chi connectivity index (χ4v) is 4.51. The third-order valence-electron chi connectivity index (χ3n) is 5.15. The molecule has 6 nitrogen and oxygen atoms in total. The first-order chi connectivity index (χ1) is 12.7. The number of carbonyl (C=O) groups excluding carboxylic acids is 1. The number of nitrogens with zero attached hydrogens (tertiary/aromatic N) is 5. The van der Waals surface area contributed by atoms with Gasteiger partial charge >= 0.3 is 0 Å². The molecule has 26 heavy (non-hydrogen) atoms. The highest BCUT2D eigenvalue weighted by Crippen LogP contribution is 2.23. The number of aromatic nitrogens is 2. The van der Waals surface area contributed by atoms with Gasteiger partial charge in [-0.1, -0.05) is 0 Å². The highest BCUT2D eigenvalue weighted by atomic mass is 32.1. The molecule has 2 saturated heterocycles. The minimum absolute atomic E-state index is 0.152. The maximum atomic E-state index is 12.6. The quantitative estimate of drug-likeness (QED) is 0.830. The Hall–Kier alpha value is -2.15. The van der Waals surface area contributed by atoms with E-state index in [1.807, 2.05) is 23.3 Å². The van der Waals surface area contributed by atoms with Gasteiger partial charge < -0.3 is 14.7 Å². The van der Waals surface area contributed by atoms with Crippen molar-refractivity contribution in [2.24, 2.45) is 0 Å². The lowest BCUT2D eigenvalue weighted by Crippen LogP contribution is -2.49. The van der Waals surface area contributed by atoms with Crippen LogP contribution in [0.5, 0.6) is 0 Å². The van der Waals surface area contributed by atoms with Gasteiger partial charge in [0.15, 0.2) is 0 Å². The van der Waals surface area contributed by atoms with Crippen LogP contribution in [0.25, 0.3) is 0 Å². The monoisotopic (exact) mass is 371 g/mol. The number of piperazine rings is 1. The third kappa shape index (κ3) is 3.67. The van der Waals surface area contributed by atoms with Crippen LogP contribution in [-0.4, -0.2) is 60.0 Å². The Labute approximate surface area is 158 Å². The van der Waals surface area contributed by atoms with Gasteiger partial charge in [-0.15, -0.1) is 11.3 Å². The fourth-order valence-electron chi connectivity index (χ4n) is 3.64. The number of rotatable bonds is 3. The van der Waals surface area contributed by atoms with E-state index in [9.17, 15) is 4.79 Å². The zero-order valence-electron chi connectivity index (χ0n) is 15.2. The molecule has 0 spiro atoms. The lowest BCUT2D eigenvalue weighted by Gasteiger charge is -2.35. The molecular formula is C19H25N5OS. The maximum Gasteiger partial charge on any atom is 0.264 e. The largest absolute Gasteiger partial charge is 0.356 e. The van der Waals surface area contributed by atoms with Gasteiger partial charge in [0.05, 0.1) is 4.88 Å². The molecule has 0 saturated carbocycles. The molecular weight excluding hydrogens is 346 g/mol. The second-order valence-electron chi connectivity index (χ2n) is 7.05. The Kier molecular flexibility index (Phi) is 5.06. The average molecular weight is 372 g/mol. The zero-order valence-corrected chi connectivity index (χ0v) is 16.0. The molecule has 0 aromatic carbocycles. The van der Waals surface area contributed by atoms with Gasteiger partial charge in [-0.2, -0.15) is 0 Å². The predicted octanol–water partition coefficient (Wildman–Crippen LogP) is 2.80. The van der Waals surface area contributed by atoms with Crippen LogP contribution < -0.4 is 9.80 Å². The van der Waals surface area contributed by atoms with Crippen LogP contribution in [0, 0.1) is 6.92 Å². The molecule has 0 atom stereocenters. The minimum Gasteiger partial charge on any atom is -0.356 e. The van der Waals surface area contributed by atoms with E-state index in [4.69, 9.17) is 0 Å². The Morgan fingerprint density at radius 3 is 2.19 bits per heavy atom. The Morgan fingerprint density at radius 1 is 0.923 bits per heavy atom. The van der Waals surface area contributed by atoms with Crippen LogP contribution >= 0.6 is 11.3 Å². The third-order valence-corrected chi connectivity index (χ3v) is 6.19. The van der Waals surface area contributed by atoms with Crippen molar-refractivity contribution in [1.82, 2.24) is 14.9 Å². The van der Waals surface area contributed by atoms with E-state index in [-0.39, 0.29) is 5.91 Å². The second-order valence-corrected chi connectivity index (χ2v) is 7.96. The standard InChI is InChI=1S/C19H25N5OS/c1-15-11-16(26-13-15)19(25)24-9-7-23(8-10-24)18-12-17(20-14-21-18)22-5-3-2-4-6-22/h11-14H,2-10H2,1H3. The first kappa shape index (κ1) is 17.3. The van der Waals surface area contributed by atoms with Crippen molar-refractivity contribution in [2.45, 2.75) is 26.2 Å². The molecule has 1 amide bonds. The number of hydrogen-bond acceptors (Lipinski definition) is 6. The van der Waals surface area contributed by atoms with Gasteiger partial charge in [0.25, 0.3) is 5.91 Å². The second kappa shape index (κ2) is 7.61. The first-order valence-corrected chi connectivity index (χ1v) is 10.2. The summed E-state index contributed by atoms with van der Waals surface area (Å²) in [5.41, 5.74) is 1.16. The molecule has 138 valence electrons. The van der Waals surface area contributed by atoms with Crippen LogP contribution in [0.3, 0.4) is 0 Å². The van der Waals surface area contributed by atoms with Crippen LogP contribution in [0.15, 0.2) is 23.8 Å². The molecule has 0 radical (unpaired) electrons. The maximum absolute atomic E-state index is 12.6. The lowest BCUT2D eigenvalue weighted by atomic mass is 10.1. The zero-order chi connectivity index (χ0) is 17.9. The summed E-state index contributed by atoms with van der Waals surface area (Å²) >= 11 is 1.54. The van der Waals surface area contributed by atoms with Gasteiger partial charge in [-0.3, -0.25) is 4.79 Å². The van der Waals surface area contributed by atoms with Crippen molar-refractivity contribution in [3.05, 3.63) is 34.3 Å². The molecule has 0 unspecified atom stereocenters. The highest BCUT2D eigenvalue weighted by Gasteiger charge is 2.24. The molecule has 0 bridgehead atoms. The number of aryl methyl sites for hydroxylation is 1. The molecule has 0 aliphatic carbocycles.